The number of hydrogen-bond donors (Lipinski definition) is 1. The minimum Gasteiger partial charge on any atom is -0.494 e. The molecule has 0 aliphatic rings. The van der Waals surface area contributed by atoms with Gasteiger partial charge >= 0.3 is 0 Å². The Morgan fingerprint density at radius 1 is 1.10 bits per heavy atom. The predicted molar refractivity (Wildman–Crippen MR) is 83.5 cm³/mol. The number of pyridine rings is 1. The maximum atomic E-state index is 12.3. The molecule has 0 saturated heterocycles. The van der Waals surface area contributed by atoms with E-state index < -0.39 is 0 Å². The van der Waals surface area contributed by atoms with E-state index in [1.54, 1.807) is 10.6 Å². The second-order valence-electron chi connectivity index (χ2n) is 4.82. The third-order valence-corrected chi connectivity index (χ3v) is 3.33. The molecule has 0 unspecified atom stereocenters. The molecule has 0 aliphatic heterocycles. The smallest absolute Gasteiger partial charge is 0.256 e. The zero-order valence-corrected chi connectivity index (χ0v) is 12.5. The second kappa shape index (κ2) is 7.09. The molecule has 4 nitrogen and oxygen atoms in total. The van der Waals surface area contributed by atoms with Crippen LogP contribution in [0.2, 0.25) is 0 Å². The molecular weight excluding hydrogens is 266 g/mol. The molecule has 2 rings (SSSR count). The number of hydrogen-bond acceptors (Lipinski definition) is 3. The number of aliphatic hydroxyl groups excluding tert-OH is 1. The van der Waals surface area contributed by atoms with E-state index in [4.69, 9.17) is 4.74 Å². The Morgan fingerprint density at radius 2 is 1.81 bits per heavy atom. The van der Waals surface area contributed by atoms with Gasteiger partial charge in [-0.15, -0.1) is 0 Å². The van der Waals surface area contributed by atoms with Gasteiger partial charge in [0.2, 0.25) is 0 Å². The molecule has 1 aromatic carbocycles. The molecule has 0 radical (unpaired) electrons. The van der Waals surface area contributed by atoms with Crippen LogP contribution in [0.3, 0.4) is 0 Å². The van der Waals surface area contributed by atoms with E-state index >= 15 is 0 Å². The van der Waals surface area contributed by atoms with Gasteiger partial charge in [0.15, 0.2) is 0 Å². The number of aromatic nitrogens is 1. The van der Waals surface area contributed by atoms with Crippen molar-refractivity contribution in [1.82, 2.24) is 4.57 Å². The van der Waals surface area contributed by atoms with Crippen molar-refractivity contribution in [3.63, 3.8) is 0 Å². The van der Waals surface area contributed by atoms with Crippen LogP contribution in [0.25, 0.3) is 11.3 Å². The Morgan fingerprint density at radius 3 is 2.38 bits per heavy atom. The monoisotopic (exact) mass is 287 g/mol. The number of nitrogens with zero attached hydrogens (tertiary/aromatic N) is 1. The van der Waals surface area contributed by atoms with Gasteiger partial charge in [-0.1, -0.05) is 6.92 Å². The van der Waals surface area contributed by atoms with Crippen LogP contribution in [0.5, 0.6) is 5.75 Å². The van der Waals surface area contributed by atoms with Gasteiger partial charge in [-0.25, -0.2) is 0 Å². The fourth-order valence-corrected chi connectivity index (χ4v) is 2.33. The van der Waals surface area contributed by atoms with Crippen LogP contribution in [0.15, 0.2) is 41.2 Å². The summed E-state index contributed by atoms with van der Waals surface area (Å²) >= 11 is 0. The summed E-state index contributed by atoms with van der Waals surface area (Å²) < 4.78 is 7.16. The summed E-state index contributed by atoms with van der Waals surface area (Å²) in [4.78, 5) is 12.3. The van der Waals surface area contributed by atoms with E-state index in [2.05, 4.69) is 0 Å². The number of rotatable bonds is 6. The van der Waals surface area contributed by atoms with Gasteiger partial charge in [-0.05, 0) is 55.3 Å². The lowest BCUT2D eigenvalue weighted by atomic mass is 10.1. The first-order valence-electron chi connectivity index (χ1n) is 7.28. The maximum absolute atomic E-state index is 12.3. The van der Waals surface area contributed by atoms with Gasteiger partial charge in [0.25, 0.3) is 5.56 Å². The zero-order chi connectivity index (χ0) is 15.2. The van der Waals surface area contributed by atoms with Crippen LogP contribution in [0.1, 0.15) is 25.8 Å². The van der Waals surface area contributed by atoms with Gasteiger partial charge in [0, 0.05) is 12.1 Å². The lowest BCUT2D eigenvalue weighted by molar-refractivity contribution is 0.279. The molecule has 1 heterocycles. The Hall–Kier alpha value is -2.07. The first kappa shape index (κ1) is 15.3. The van der Waals surface area contributed by atoms with Crippen LogP contribution in [-0.4, -0.2) is 16.3 Å². The molecule has 4 heteroatoms. The lowest BCUT2D eigenvalue weighted by Crippen LogP contribution is -2.25. The topological polar surface area (TPSA) is 51.5 Å². The highest BCUT2D eigenvalue weighted by Gasteiger charge is 2.09. The second-order valence-corrected chi connectivity index (χ2v) is 4.82. The summed E-state index contributed by atoms with van der Waals surface area (Å²) in [6.45, 7) is 5.01. The summed E-state index contributed by atoms with van der Waals surface area (Å²) in [5.41, 5.74) is 2.14. The van der Waals surface area contributed by atoms with Crippen LogP contribution in [0.4, 0.5) is 0 Å². The van der Waals surface area contributed by atoms with Crippen LogP contribution >= 0.6 is 0 Å². The Kier molecular flexibility index (Phi) is 5.17. The quantitative estimate of drug-likeness (QED) is 0.889. The van der Waals surface area contributed by atoms with E-state index in [0.29, 0.717) is 18.7 Å². The minimum atomic E-state index is -0.230. The van der Waals surface area contributed by atoms with Crippen LogP contribution in [0, 0.1) is 0 Å². The SMILES string of the molecule is CCCn1c(-c2ccc(OCC)cc2)ccc(CO)c1=O. The van der Waals surface area contributed by atoms with Crippen molar-refractivity contribution in [1.29, 1.82) is 0 Å². The van der Waals surface area contributed by atoms with E-state index in [-0.39, 0.29) is 12.2 Å². The van der Waals surface area contributed by atoms with Gasteiger partial charge in [-0.3, -0.25) is 4.79 Å². The summed E-state index contributed by atoms with van der Waals surface area (Å²) in [5.74, 6) is 0.817. The highest BCUT2D eigenvalue weighted by Crippen LogP contribution is 2.22. The zero-order valence-electron chi connectivity index (χ0n) is 12.5. The lowest BCUT2D eigenvalue weighted by Gasteiger charge is -2.14. The summed E-state index contributed by atoms with van der Waals surface area (Å²) in [7, 11) is 0. The van der Waals surface area contributed by atoms with Crippen molar-refractivity contribution >= 4 is 0 Å². The van der Waals surface area contributed by atoms with Gasteiger partial charge in [0.1, 0.15) is 5.75 Å². The molecule has 0 spiro atoms. The molecule has 112 valence electrons. The Balaban J connectivity index is 2.47. The first-order valence-corrected chi connectivity index (χ1v) is 7.28. The summed E-state index contributed by atoms with van der Waals surface area (Å²) in [6.07, 6.45) is 0.860. The van der Waals surface area contributed by atoms with Crippen molar-refractivity contribution in [2.75, 3.05) is 6.61 Å². The van der Waals surface area contributed by atoms with E-state index in [0.717, 1.165) is 23.4 Å². The number of benzene rings is 1. The molecule has 1 aromatic heterocycles. The fraction of sp³-hybridized carbons (Fsp3) is 0.353. The minimum absolute atomic E-state index is 0.120. The Bertz CT molecular complexity index is 644. The highest BCUT2D eigenvalue weighted by molar-refractivity contribution is 5.61. The predicted octanol–water partition coefficient (Wildman–Crippen LogP) is 2.82. The average molecular weight is 287 g/mol. The molecule has 21 heavy (non-hydrogen) atoms. The van der Waals surface area contributed by atoms with Crippen molar-refractivity contribution in [2.45, 2.75) is 33.4 Å². The molecule has 0 aliphatic carbocycles. The highest BCUT2D eigenvalue weighted by atomic mass is 16.5. The van der Waals surface area contributed by atoms with Crippen molar-refractivity contribution in [3.8, 4) is 17.0 Å². The third-order valence-electron chi connectivity index (χ3n) is 3.33. The van der Waals surface area contributed by atoms with E-state index in [1.165, 1.54) is 0 Å². The Labute approximate surface area is 124 Å². The number of ether oxygens (including phenoxy) is 1. The molecular formula is C17H21NO3. The maximum Gasteiger partial charge on any atom is 0.256 e. The van der Waals surface area contributed by atoms with Crippen molar-refractivity contribution in [3.05, 3.63) is 52.3 Å². The van der Waals surface area contributed by atoms with Crippen molar-refractivity contribution in [2.24, 2.45) is 0 Å². The molecule has 0 fully saturated rings. The fourth-order valence-electron chi connectivity index (χ4n) is 2.33. The summed E-state index contributed by atoms with van der Waals surface area (Å²) in [5, 5.41) is 9.24. The summed E-state index contributed by atoms with van der Waals surface area (Å²) in [6, 6.07) is 11.3. The molecule has 1 N–H and O–H groups in total. The number of aliphatic hydroxyl groups is 1. The molecule has 0 bridgehead atoms. The van der Waals surface area contributed by atoms with Crippen molar-refractivity contribution < 1.29 is 9.84 Å². The average Bonchev–Trinajstić information content (AvgIpc) is 2.51. The van der Waals surface area contributed by atoms with Gasteiger partial charge in [0.05, 0.1) is 18.9 Å². The largest absolute Gasteiger partial charge is 0.494 e. The normalized spacial score (nSPS) is 10.6. The van der Waals surface area contributed by atoms with E-state index in [1.807, 2.05) is 44.2 Å². The molecule has 2 aromatic rings. The third kappa shape index (κ3) is 3.34. The van der Waals surface area contributed by atoms with Gasteiger partial charge in [-0.2, -0.15) is 0 Å². The standard InChI is InChI=1S/C17H21NO3/c1-3-11-18-16(10-7-14(12-19)17(18)20)13-5-8-15(9-6-13)21-4-2/h5-10,19H,3-4,11-12H2,1-2H3. The molecule has 0 amide bonds. The van der Waals surface area contributed by atoms with E-state index in [9.17, 15) is 9.90 Å². The van der Waals surface area contributed by atoms with Crippen LogP contribution < -0.4 is 10.3 Å². The van der Waals surface area contributed by atoms with Gasteiger partial charge < -0.3 is 14.4 Å². The first-order chi connectivity index (χ1) is 10.2. The molecule has 0 atom stereocenters. The van der Waals surface area contributed by atoms with Crippen LogP contribution in [-0.2, 0) is 13.2 Å². The molecule has 0 saturated carbocycles.